The molecule has 0 spiro atoms. The molecule has 3 aliphatic rings. The number of hydrogen-bond acceptors (Lipinski definition) is 6. The van der Waals surface area contributed by atoms with Crippen LogP contribution in [-0.4, -0.2) is 86.6 Å². The van der Waals surface area contributed by atoms with Crippen LogP contribution in [0.25, 0.3) is 5.57 Å². The van der Waals surface area contributed by atoms with Crippen LogP contribution in [0, 0.1) is 5.41 Å². The number of likely N-dealkylation sites (tertiary alicyclic amines) is 1. The standard InChI is InChI=1S/C33H45ClN6O2/c1-33(23-39-14-2-3-28(22-39)37-31(41)20-35)13-12-30(24-4-8-27(34)9-5-24)26(19-33)21-38-15-17-40(18-16-38)29-10-6-25(7-11-29)32(36)42/h4-11,28H,2-3,12-23,35H2,1H3,(H2,36,42)(H,37,41)/t28-,33?/m1/s1. The predicted molar refractivity (Wildman–Crippen MR) is 171 cm³/mol. The first-order valence-electron chi connectivity index (χ1n) is 15.3. The number of piperidine rings is 1. The zero-order chi connectivity index (χ0) is 29.7. The fourth-order valence-electron chi connectivity index (χ4n) is 7.01. The topological polar surface area (TPSA) is 108 Å². The van der Waals surface area contributed by atoms with Crippen LogP contribution in [0.3, 0.4) is 0 Å². The van der Waals surface area contributed by atoms with E-state index in [9.17, 15) is 9.59 Å². The number of piperazine rings is 1. The second kappa shape index (κ2) is 13.6. The van der Waals surface area contributed by atoms with Crippen LogP contribution >= 0.6 is 11.6 Å². The Bertz CT molecular complexity index is 1270. The molecule has 2 aromatic rings. The molecule has 1 unspecified atom stereocenters. The second-order valence-corrected chi connectivity index (χ2v) is 13.0. The molecule has 5 rings (SSSR count). The first-order chi connectivity index (χ1) is 20.2. The van der Waals surface area contributed by atoms with Crippen molar-refractivity contribution in [3.8, 4) is 0 Å². The van der Waals surface area contributed by atoms with Crippen molar-refractivity contribution in [3.05, 3.63) is 70.3 Å². The van der Waals surface area contributed by atoms with Crippen LogP contribution in [0.2, 0.25) is 5.02 Å². The van der Waals surface area contributed by atoms with E-state index in [-0.39, 0.29) is 23.9 Å². The van der Waals surface area contributed by atoms with E-state index in [2.05, 4.69) is 39.1 Å². The van der Waals surface area contributed by atoms with Gasteiger partial charge in [0, 0.05) is 68.1 Å². The Morgan fingerprint density at radius 2 is 1.71 bits per heavy atom. The summed E-state index contributed by atoms with van der Waals surface area (Å²) in [6.07, 6.45) is 5.38. The third-order valence-electron chi connectivity index (χ3n) is 9.20. The van der Waals surface area contributed by atoms with Gasteiger partial charge in [-0.3, -0.25) is 14.5 Å². The molecule has 226 valence electrons. The van der Waals surface area contributed by atoms with Crippen LogP contribution in [0.15, 0.2) is 54.1 Å². The van der Waals surface area contributed by atoms with Gasteiger partial charge in [0.25, 0.3) is 0 Å². The fraction of sp³-hybridized carbons (Fsp3) is 0.515. The third kappa shape index (κ3) is 7.72. The number of carbonyl (C=O) groups is 2. The SMILES string of the molecule is CC1(CN2CCC[C@@H](NC(=O)CN)C2)CCC(c2ccc(Cl)cc2)=C(CN2CCN(c3ccc(C(N)=O)cc3)CC2)C1. The minimum absolute atomic E-state index is 0.0473. The minimum atomic E-state index is -0.394. The minimum Gasteiger partial charge on any atom is -0.369 e. The third-order valence-corrected chi connectivity index (χ3v) is 9.46. The highest BCUT2D eigenvalue weighted by molar-refractivity contribution is 6.30. The van der Waals surface area contributed by atoms with Gasteiger partial charge < -0.3 is 26.6 Å². The van der Waals surface area contributed by atoms with E-state index in [4.69, 9.17) is 23.1 Å². The Kier molecular flexibility index (Phi) is 9.88. The van der Waals surface area contributed by atoms with Gasteiger partial charge in [-0.25, -0.2) is 0 Å². The number of anilines is 1. The van der Waals surface area contributed by atoms with Crippen molar-refractivity contribution in [2.24, 2.45) is 16.9 Å². The molecule has 2 saturated heterocycles. The molecule has 2 amide bonds. The van der Waals surface area contributed by atoms with Gasteiger partial charge in [0.2, 0.25) is 11.8 Å². The normalized spacial score (nSPS) is 24.1. The Morgan fingerprint density at radius 3 is 2.38 bits per heavy atom. The number of allylic oxidation sites excluding steroid dienone is 1. The lowest BCUT2D eigenvalue weighted by atomic mass is 9.71. The van der Waals surface area contributed by atoms with E-state index < -0.39 is 5.91 Å². The predicted octanol–water partition coefficient (Wildman–Crippen LogP) is 3.74. The van der Waals surface area contributed by atoms with E-state index in [1.54, 1.807) is 0 Å². The second-order valence-electron chi connectivity index (χ2n) is 12.6. The number of benzene rings is 2. The summed E-state index contributed by atoms with van der Waals surface area (Å²) in [5, 5.41) is 3.88. The molecule has 1 aliphatic carbocycles. The van der Waals surface area contributed by atoms with Gasteiger partial charge in [0.1, 0.15) is 0 Å². The van der Waals surface area contributed by atoms with E-state index in [0.717, 1.165) is 95.2 Å². The molecule has 2 atom stereocenters. The summed E-state index contributed by atoms with van der Waals surface area (Å²) in [4.78, 5) is 30.9. The Balaban J connectivity index is 1.27. The van der Waals surface area contributed by atoms with Gasteiger partial charge in [0.05, 0.1) is 6.54 Å². The molecule has 5 N–H and O–H groups in total. The van der Waals surface area contributed by atoms with Crippen LogP contribution in [0.1, 0.15) is 54.9 Å². The van der Waals surface area contributed by atoms with Gasteiger partial charge in [-0.1, -0.05) is 36.2 Å². The van der Waals surface area contributed by atoms with Crippen molar-refractivity contribution >= 4 is 34.7 Å². The van der Waals surface area contributed by atoms with Crippen LogP contribution in [0.4, 0.5) is 5.69 Å². The molecular formula is C33H45ClN6O2. The van der Waals surface area contributed by atoms with Crippen LogP contribution in [-0.2, 0) is 4.79 Å². The maximum atomic E-state index is 11.9. The molecule has 42 heavy (non-hydrogen) atoms. The lowest BCUT2D eigenvalue weighted by Gasteiger charge is -2.44. The largest absolute Gasteiger partial charge is 0.369 e. The van der Waals surface area contributed by atoms with E-state index in [1.165, 1.54) is 16.7 Å². The molecule has 2 aliphatic heterocycles. The van der Waals surface area contributed by atoms with Gasteiger partial charge in [-0.05, 0) is 91.6 Å². The monoisotopic (exact) mass is 592 g/mol. The Hall–Kier alpha value is -2.91. The number of hydrogen-bond donors (Lipinski definition) is 3. The lowest BCUT2D eigenvalue weighted by molar-refractivity contribution is -0.120. The smallest absolute Gasteiger partial charge is 0.248 e. The number of nitrogens with two attached hydrogens (primary N) is 2. The number of primary amides is 1. The molecule has 0 aromatic heterocycles. The summed E-state index contributed by atoms with van der Waals surface area (Å²) in [7, 11) is 0. The maximum absolute atomic E-state index is 11.9. The number of nitrogens with one attached hydrogen (secondary N) is 1. The summed E-state index contributed by atoms with van der Waals surface area (Å²) in [5.74, 6) is -0.458. The van der Waals surface area contributed by atoms with Crippen molar-refractivity contribution in [2.75, 3.05) is 63.8 Å². The highest BCUT2D eigenvalue weighted by Crippen LogP contribution is 2.44. The molecule has 8 nitrogen and oxygen atoms in total. The lowest BCUT2D eigenvalue weighted by Crippen LogP contribution is -2.51. The summed E-state index contributed by atoms with van der Waals surface area (Å²) >= 11 is 6.25. The highest BCUT2D eigenvalue weighted by Gasteiger charge is 2.35. The molecular weight excluding hydrogens is 548 g/mol. The van der Waals surface area contributed by atoms with Gasteiger partial charge >= 0.3 is 0 Å². The van der Waals surface area contributed by atoms with E-state index in [0.29, 0.717) is 5.56 Å². The summed E-state index contributed by atoms with van der Waals surface area (Å²) < 4.78 is 0. The van der Waals surface area contributed by atoms with Crippen molar-refractivity contribution in [1.82, 2.24) is 15.1 Å². The molecule has 2 aromatic carbocycles. The maximum Gasteiger partial charge on any atom is 0.248 e. The van der Waals surface area contributed by atoms with Crippen molar-refractivity contribution in [2.45, 2.75) is 45.1 Å². The molecule has 9 heteroatoms. The number of nitrogens with zero attached hydrogens (tertiary/aromatic N) is 3. The van der Waals surface area contributed by atoms with Gasteiger partial charge in [-0.15, -0.1) is 0 Å². The average molecular weight is 593 g/mol. The Labute approximate surface area is 255 Å². The molecule has 0 radical (unpaired) electrons. The first-order valence-corrected chi connectivity index (χ1v) is 15.6. The van der Waals surface area contributed by atoms with Crippen molar-refractivity contribution in [3.63, 3.8) is 0 Å². The van der Waals surface area contributed by atoms with Gasteiger partial charge in [0.15, 0.2) is 0 Å². The number of carbonyl (C=O) groups excluding carboxylic acids is 2. The Morgan fingerprint density at radius 1 is 1.00 bits per heavy atom. The molecule has 2 fully saturated rings. The molecule has 2 heterocycles. The average Bonchev–Trinajstić information content (AvgIpc) is 2.98. The summed E-state index contributed by atoms with van der Waals surface area (Å²) in [5.41, 5.74) is 17.1. The van der Waals surface area contributed by atoms with E-state index >= 15 is 0 Å². The molecule has 0 saturated carbocycles. The fourth-order valence-corrected chi connectivity index (χ4v) is 7.14. The first kappa shape index (κ1) is 30.5. The highest BCUT2D eigenvalue weighted by atomic mass is 35.5. The quantitative estimate of drug-likeness (QED) is 0.409. The number of rotatable bonds is 9. The van der Waals surface area contributed by atoms with Gasteiger partial charge in [-0.2, -0.15) is 0 Å². The summed E-state index contributed by atoms with van der Waals surface area (Å²) in [6.45, 7) is 10.3. The summed E-state index contributed by atoms with van der Waals surface area (Å²) in [6, 6.07) is 16.1. The zero-order valence-electron chi connectivity index (χ0n) is 24.8. The van der Waals surface area contributed by atoms with Crippen LogP contribution in [0.5, 0.6) is 0 Å². The number of amides is 2. The van der Waals surface area contributed by atoms with Crippen molar-refractivity contribution in [1.29, 1.82) is 0 Å². The van der Waals surface area contributed by atoms with Crippen LogP contribution < -0.4 is 21.7 Å². The van der Waals surface area contributed by atoms with E-state index in [1.807, 2.05) is 36.4 Å². The number of halogens is 1. The van der Waals surface area contributed by atoms with Crippen molar-refractivity contribution < 1.29 is 9.59 Å². The zero-order valence-corrected chi connectivity index (χ0v) is 25.5. The molecule has 0 bridgehead atoms.